The van der Waals surface area contributed by atoms with E-state index in [2.05, 4.69) is 5.10 Å². The summed E-state index contributed by atoms with van der Waals surface area (Å²) in [6.45, 7) is 4.00. The second-order valence-corrected chi connectivity index (χ2v) is 4.72. The zero-order valence-electron chi connectivity index (χ0n) is 9.60. The Balaban J connectivity index is 3.05. The molecule has 16 heavy (non-hydrogen) atoms. The van der Waals surface area contributed by atoms with Crippen LogP contribution in [-0.2, 0) is 19.6 Å². The number of hydrogen-bond acceptors (Lipinski definition) is 2. The number of halogens is 3. The van der Waals surface area contributed by atoms with Gasteiger partial charge in [0.2, 0.25) is 0 Å². The van der Waals surface area contributed by atoms with Gasteiger partial charge in [-0.3, -0.25) is 4.68 Å². The molecule has 92 valence electrons. The molecule has 0 saturated carbocycles. The Kier molecular flexibility index (Phi) is 3.33. The lowest BCUT2D eigenvalue weighted by Crippen LogP contribution is -2.26. The Morgan fingerprint density at radius 2 is 1.94 bits per heavy atom. The maximum Gasteiger partial charge on any atom is 0.435 e. The standard InChI is InChI=1S/C10H16F3N3/c1-9(2,6-14)4-7-5-16(3)15-8(7)10(11,12)13/h5H,4,6,14H2,1-3H3. The highest BCUT2D eigenvalue weighted by Gasteiger charge is 2.37. The van der Waals surface area contributed by atoms with Gasteiger partial charge in [0.15, 0.2) is 5.69 Å². The van der Waals surface area contributed by atoms with Gasteiger partial charge in [-0.05, 0) is 18.4 Å². The third kappa shape index (κ3) is 2.98. The van der Waals surface area contributed by atoms with Gasteiger partial charge in [0.05, 0.1) is 0 Å². The van der Waals surface area contributed by atoms with Crippen LogP contribution in [0.15, 0.2) is 6.20 Å². The summed E-state index contributed by atoms with van der Waals surface area (Å²) in [6, 6.07) is 0. The first-order chi connectivity index (χ1) is 7.15. The summed E-state index contributed by atoms with van der Waals surface area (Å²) >= 11 is 0. The molecule has 0 aliphatic heterocycles. The van der Waals surface area contributed by atoms with Crippen LogP contribution >= 0.6 is 0 Å². The van der Waals surface area contributed by atoms with Gasteiger partial charge in [0.25, 0.3) is 0 Å². The molecule has 0 unspecified atom stereocenters. The fraction of sp³-hybridized carbons (Fsp3) is 0.700. The van der Waals surface area contributed by atoms with Gasteiger partial charge in [-0.15, -0.1) is 0 Å². The van der Waals surface area contributed by atoms with E-state index >= 15 is 0 Å². The van der Waals surface area contributed by atoms with E-state index in [9.17, 15) is 13.2 Å². The van der Waals surface area contributed by atoms with Crippen LogP contribution in [0.5, 0.6) is 0 Å². The molecule has 0 aliphatic carbocycles. The lowest BCUT2D eigenvalue weighted by atomic mass is 9.86. The van der Waals surface area contributed by atoms with E-state index in [1.807, 2.05) is 13.8 Å². The summed E-state index contributed by atoms with van der Waals surface area (Å²) in [5.74, 6) is 0. The van der Waals surface area contributed by atoms with E-state index in [1.165, 1.54) is 17.9 Å². The summed E-state index contributed by atoms with van der Waals surface area (Å²) in [4.78, 5) is 0. The Morgan fingerprint density at radius 3 is 2.38 bits per heavy atom. The molecule has 0 bridgehead atoms. The molecule has 3 nitrogen and oxygen atoms in total. The maximum absolute atomic E-state index is 12.6. The highest BCUT2D eigenvalue weighted by Crippen LogP contribution is 2.33. The maximum atomic E-state index is 12.6. The zero-order valence-corrected chi connectivity index (χ0v) is 9.60. The molecule has 1 heterocycles. The Bertz CT molecular complexity index is 366. The van der Waals surface area contributed by atoms with Gasteiger partial charge in [-0.2, -0.15) is 18.3 Å². The van der Waals surface area contributed by atoms with Crippen molar-refractivity contribution in [2.75, 3.05) is 6.54 Å². The molecule has 0 saturated heterocycles. The first-order valence-electron chi connectivity index (χ1n) is 4.95. The van der Waals surface area contributed by atoms with Crippen molar-refractivity contribution in [1.29, 1.82) is 0 Å². The lowest BCUT2D eigenvalue weighted by molar-refractivity contribution is -0.142. The molecule has 0 fully saturated rings. The van der Waals surface area contributed by atoms with Crippen LogP contribution in [-0.4, -0.2) is 16.3 Å². The fourth-order valence-corrected chi connectivity index (χ4v) is 1.49. The first-order valence-corrected chi connectivity index (χ1v) is 4.95. The lowest BCUT2D eigenvalue weighted by Gasteiger charge is -2.22. The quantitative estimate of drug-likeness (QED) is 0.870. The largest absolute Gasteiger partial charge is 0.435 e. The summed E-state index contributed by atoms with van der Waals surface area (Å²) in [5, 5.41) is 3.45. The Labute approximate surface area is 92.4 Å². The average Bonchev–Trinajstić information content (AvgIpc) is 2.45. The number of nitrogens with zero attached hydrogens (tertiary/aromatic N) is 2. The van der Waals surface area contributed by atoms with Crippen molar-refractivity contribution >= 4 is 0 Å². The predicted molar refractivity (Wildman–Crippen MR) is 54.7 cm³/mol. The van der Waals surface area contributed by atoms with E-state index in [1.54, 1.807) is 0 Å². The molecule has 0 spiro atoms. The number of hydrogen-bond donors (Lipinski definition) is 1. The van der Waals surface area contributed by atoms with Gasteiger partial charge >= 0.3 is 6.18 Å². The second kappa shape index (κ2) is 4.08. The van der Waals surface area contributed by atoms with Crippen molar-refractivity contribution < 1.29 is 13.2 Å². The third-order valence-corrected chi connectivity index (χ3v) is 2.39. The van der Waals surface area contributed by atoms with E-state index in [-0.39, 0.29) is 17.4 Å². The van der Waals surface area contributed by atoms with Crippen LogP contribution in [0.25, 0.3) is 0 Å². The van der Waals surface area contributed by atoms with Gasteiger partial charge in [0, 0.05) is 18.8 Å². The van der Waals surface area contributed by atoms with Crippen molar-refractivity contribution in [3.63, 3.8) is 0 Å². The summed E-state index contributed by atoms with van der Waals surface area (Å²) in [5.41, 5.74) is 4.54. The van der Waals surface area contributed by atoms with Gasteiger partial charge in [-0.25, -0.2) is 0 Å². The summed E-state index contributed by atoms with van der Waals surface area (Å²) < 4.78 is 39.1. The molecule has 0 aromatic carbocycles. The molecule has 1 aromatic rings. The number of aromatic nitrogens is 2. The minimum Gasteiger partial charge on any atom is -0.330 e. The van der Waals surface area contributed by atoms with E-state index in [0.29, 0.717) is 6.54 Å². The molecule has 1 aromatic heterocycles. The number of aryl methyl sites for hydroxylation is 1. The summed E-state index contributed by atoms with van der Waals surface area (Å²) in [7, 11) is 1.48. The predicted octanol–water partition coefficient (Wildman–Crippen LogP) is 1.97. The van der Waals surface area contributed by atoms with Crippen LogP contribution in [0, 0.1) is 5.41 Å². The molecular weight excluding hydrogens is 219 g/mol. The van der Waals surface area contributed by atoms with Crippen molar-refractivity contribution in [2.24, 2.45) is 18.2 Å². The highest BCUT2D eigenvalue weighted by molar-refractivity contribution is 5.21. The topological polar surface area (TPSA) is 43.8 Å². The average molecular weight is 235 g/mol. The smallest absolute Gasteiger partial charge is 0.330 e. The first kappa shape index (κ1) is 13.0. The SMILES string of the molecule is Cn1cc(CC(C)(C)CN)c(C(F)(F)F)n1. The van der Waals surface area contributed by atoms with Crippen molar-refractivity contribution in [1.82, 2.24) is 9.78 Å². The number of rotatable bonds is 3. The molecule has 2 N–H and O–H groups in total. The van der Waals surface area contributed by atoms with E-state index in [4.69, 9.17) is 5.73 Å². The molecular formula is C10H16F3N3. The van der Waals surface area contributed by atoms with Crippen molar-refractivity contribution in [2.45, 2.75) is 26.4 Å². The summed E-state index contributed by atoms with van der Waals surface area (Å²) in [6.07, 6.45) is -2.73. The van der Waals surface area contributed by atoms with Crippen molar-refractivity contribution in [3.05, 3.63) is 17.5 Å². The molecule has 6 heteroatoms. The molecule has 1 rings (SSSR count). The third-order valence-electron chi connectivity index (χ3n) is 2.39. The number of nitrogens with two attached hydrogens (primary N) is 1. The van der Waals surface area contributed by atoms with Crippen LogP contribution in [0.1, 0.15) is 25.1 Å². The van der Waals surface area contributed by atoms with Crippen LogP contribution in [0.4, 0.5) is 13.2 Å². The number of alkyl halides is 3. The minimum absolute atomic E-state index is 0.199. The highest BCUT2D eigenvalue weighted by atomic mass is 19.4. The van der Waals surface area contributed by atoms with Crippen LogP contribution < -0.4 is 5.73 Å². The fourth-order valence-electron chi connectivity index (χ4n) is 1.49. The molecule has 0 amide bonds. The monoisotopic (exact) mass is 235 g/mol. The second-order valence-electron chi connectivity index (χ2n) is 4.72. The van der Waals surface area contributed by atoms with Crippen LogP contribution in [0.3, 0.4) is 0 Å². The van der Waals surface area contributed by atoms with Gasteiger partial charge in [0.1, 0.15) is 0 Å². The van der Waals surface area contributed by atoms with Gasteiger partial charge < -0.3 is 5.73 Å². The van der Waals surface area contributed by atoms with Gasteiger partial charge in [-0.1, -0.05) is 13.8 Å². The normalized spacial score (nSPS) is 13.2. The Hall–Kier alpha value is -1.04. The van der Waals surface area contributed by atoms with Crippen LogP contribution in [0.2, 0.25) is 0 Å². The molecule has 0 radical (unpaired) electrons. The minimum atomic E-state index is -4.40. The molecule has 0 aliphatic rings. The van der Waals surface area contributed by atoms with E-state index in [0.717, 1.165) is 0 Å². The van der Waals surface area contributed by atoms with Crippen molar-refractivity contribution in [3.8, 4) is 0 Å². The van der Waals surface area contributed by atoms with E-state index < -0.39 is 11.9 Å². The zero-order chi connectivity index (χ0) is 12.6. The Morgan fingerprint density at radius 1 is 1.38 bits per heavy atom. The molecule has 0 atom stereocenters.